The summed E-state index contributed by atoms with van der Waals surface area (Å²) in [6.07, 6.45) is 3.15. The highest BCUT2D eigenvalue weighted by atomic mass is 16.6. The van der Waals surface area contributed by atoms with Gasteiger partial charge in [0, 0.05) is 0 Å². The molecule has 1 unspecified atom stereocenters. The third kappa shape index (κ3) is 4.76. The summed E-state index contributed by atoms with van der Waals surface area (Å²) in [5.74, 6) is -1.35. The van der Waals surface area contributed by atoms with Gasteiger partial charge < -0.3 is 25.2 Å². The third-order valence-corrected chi connectivity index (χ3v) is 5.19. The van der Waals surface area contributed by atoms with Crippen molar-refractivity contribution in [2.45, 2.75) is 50.7 Å². The molecule has 0 radical (unpaired) electrons. The number of nitrogens with one attached hydrogen (secondary N) is 2. The van der Waals surface area contributed by atoms with E-state index in [4.69, 9.17) is 9.47 Å². The Balaban J connectivity index is 1.87. The monoisotopic (exact) mass is 402 g/mol. The molecule has 1 saturated carbocycles. The summed E-state index contributed by atoms with van der Waals surface area (Å²) in [6.45, 7) is 1.50. The van der Waals surface area contributed by atoms with Crippen molar-refractivity contribution in [3.63, 3.8) is 0 Å². The van der Waals surface area contributed by atoms with E-state index in [2.05, 4.69) is 10.6 Å². The molecule has 0 bridgehead atoms. The summed E-state index contributed by atoms with van der Waals surface area (Å²) in [5.41, 5.74) is -0.506. The van der Waals surface area contributed by atoms with Crippen LogP contribution in [0.3, 0.4) is 0 Å². The molecule has 8 nitrogen and oxygen atoms in total. The standard InChI is InChI=1S/C21H26N2O6/c1-2-28-18(24)16-15(13-29-19(25)21(27)11-7-4-8-12-21)22-20(26)23-17(16)14-9-5-3-6-10-14/h3,5-6,9-10,17,27H,2,4,7-8,11-13H2,1H3,(H2,22,23,26). The molecule has 29 heavy (non-hydrogen) atoms. The predicted molar refractivity (Wildman–Crippen MR) is 104 cm³/mol. The maximum Gasteiger partial charge on any atom is 0.338 e. The number of hydrogen-bond donors (Lipinski definition) is 3. The third-order valence-electron chi connectivity index (χ3n) is 5.19. The molecule has 1 aromatic carbocycles. The van der Waals surface area contributed by atoms with Crippen molar-refractivity contribution in [1.82, 2.24) is 10.6 Å². The lowest BCUT2D eigenvalue weighted by atomic mass is 9.85. The summed E-state index contributed by atoms with van der Waals surface area (Å²) < 4.78 is 10.5. The molecule has 1 aliphatic carbocycles. The molecular formula is C21H26N2O6. The maximum absolute atomic E-state index is 12.6. The number of benzene rings is 1. The summed E-state index contributed by atoms with van der Waals surface area (Å²) in [5, 5.41) is 15.8. The molecule has 3 N–H and O–H groups in total. The van der Waals surface area contributed by atoms with E-state index in [0.29, 0.717) is 18.4 Å². The van der Waals surface area contributed by atoms with Crippen molar-refractivity contribution in [2.75, 3.05) is 13.2 Å². The molecule has 1 aromatic rings. The SMILES string of the molecule is CCOC(=O)C1=C(COC(=O)C2(O)CCCCC2)NC(=O)NC1c1ccccc1. The summed E-state index contributed by atoms with van der Waals surface area (Å²) in [4.78, 5) is 37.3. The van der Waals surface area contributed by atoms with E-state index >= 15 is 0 Å². The summed E-state index contributed by atoms with van der Waals surface area (Å²) in [7, 11) is 0. The van der Waals surface area contributed by atoms with Crippen LogP contribution in [0.4, 0.5) is 4.79 Å². The first-order chi connectivity index (χ1) is 13.9. The minimum absolute atomic E-state index is 0.147. The number of ether oxygens (including phenoxy) is 2. The zero-order chi connectivity index (χ0) is 20.9. The summed E-state index contributed by atoms with van der Waals surface area (Å²) in [6, 6.07) is 7.72. The fourth-order valence-electron chi connectivity index (χ4n) is 3.69. The lowest BCUT2D eigenvalue weighted by Crippen LogP contribution is -2.48. The van der Waals surface area contributed by atoms with Crippen LogP contribution in [0.15, 0.2) is 41.6 Å². The molecular weight excluding hydrogens is 376 g/mol. The van der Waals surface area contributed by atoms with E-state index in [1.54, 1.807) is 31.2 Å². The molecule has 1 heterocycles. The van der Waals surface area contributed by atoms with Crippen molar-refractivity contribution < 1.29 is 29.0 Å². The first-order valence-electron chi connectivity index (χ1n) is 9.87. The van der Waals surface area contributed by atoms with Gasteiger partial charge in [-0.15, -0.1) is 0 Å². The van der Waals surface area contributed by atoms with Gasteiger partial charge in [0.25, 0.3) is 0 Å². The summed E-state index contributed by atoms with van der Waals surface area (Å²) >= 11 is 0. The molecule has 0 aromatic heterocycles. The molecule has 156 valence electrons. The molecule has 1 atom stereocenters. The molecule has 3 rings (SSSR count). The van der Waals surface area contributed by atoms with Crippen LogP contribution in [0, 0.1) is 0 Å². The second kappa shape index (κ2) is 9.09. The van der Waals surface area contributed by atoms with Gasteiger partial charge in [-0.05, 0) is 38.2 Å². The number of amides is 2. The van der Waals surface area contributed by atoms with Crippen LogP contribution in [0.2, 0.25) is 0 Å². The van der Waals surface area contributed by atoms with Gasteiger partial charge in [-0.1, -0.05) is 36.8 Å². The lowest BCUT2D eigenvalue weighted by molar-refractivity contribution is -0.168. The smallest absolute Gasteiger partial charge is 0.338 e. The Labute approximate surface area is 169 Å². The van der Waals surface area contributed by atoms with Crippen molar-refractivity contribution in [3.8, 4) is 0 Å². The van der Waals surface area contributed by atoms with Crippen LogP contribution in [-0.4, -0.2) is 41.9 Å². The van der Waals surface area contributed by atoms with Crippen molar-refractivity contribution in [3.05, 3.63) is 47.2 Å². The number of rotatable bonds is 6. The van der Waals surface area contributed by atoms with Crippen LogP contribution >= 0.6 is 0 Å². The van der Waals surface area contributed by atoms with Crippen molar-refractivity contribution >= 4 is 18.0 Å². The maximum atomic E-state index is 12.6. The van der Waals surface area contributed by atoms with Crippen LogP contribution in [0.1, 0.15) is 50.6 Å². The van der Waals surface area contributed by atoms with Gasteiger partial charge in [0.15, 0.2) is 5.60 Å². The average molecular weight is 402 g/mol. The highest BCUT2D eigenvalue weighted by molar-refractivity contribution is 5.95. The zero-order valence-electron chi connectivity index (χ0n) is 16.4. The van der Waals surface area contributed by atoms with Gasteiger partial charge in [0.1, 0.15) is 6.61 Å². The number of carbonyl (C=O) groups is 3. The molecule has 0 spiro atoms. The van der Waals surface area contributed by atoms with Crippen molar-refractivity contribution in [1.29, 1.82) is 0 Å². The quantitative estimate of drug-likeness (QED) is 0.628. The molecule has 2 amide bonds. The molecule has 2 aliphatic rings. The van der Waals surface area contributed by atoms with E-state index in [1.807, 2.05) is 6.07 Å². The van der Waals surface area contributed by atoms with Gasteiger partial charge in [0.2, 0.25) is 0 Å². The Morgan fingerprint density at radius 1 is 1.14 bits per heavy atom. The van der Waals surface area contributed by atoms with E-state index in [0.717, 1.165) is 19.3 Å². The van der Waals surface area contributed by atoms with Gasteiger partial charge in [0.05, 0.1) is 23.9 Å². The minimum Gasteiger partial charge on any atom is -0.463 e. The van der Waals surface area contributed by atoms with Crippen LogP contribution < -0.4 is 10.6 Å². The van der Waals surface area contributed by atoms with Gasteiger partial charge in [-0.3, -0.25) is 0 Å². The van der Waals surface area contributed by atoms with Gasteiger partial charge >= 0.3 is 18.0 Å². The molecule has 0 saturated heterocycles. The number of urea groups is 1. The Morgan fingerprint density at radius 3 is 2.48 bits per heavy atom. The first kappa shape index (κ1) is 20.9. The molecule has 8 heteroatoms. The minimum atomic E-state index is -1.52. The number of hydrogen-bond acceptors (Lipinski definition) is 6. The van der Waals surface area contributed by atoms with E-state index in [1.165, 1.54) is 0 Å². The van der Waals surface area contributed by atoms with Crippen LogP contribution in [-0.2, 0) is 19.1 Å². The second-order valence-electron chi connectivity index (χ2n) is 7.22. The normalized spacial score (nSPS) is 21.0. The molecule has 1 fully saturated rings. The van der Waals surface area contributed by atoms with Crippen molar-refractivity contribution in [2.24, 2.45) is 0 Å². The first-order valence-corrected chi connectivity index (χ1v) is 9.87. The highest BCUT2D eigenvalue weighted by Crippen LogP contribution is 2.31. The number of esters is 2. The number of carbonyl (C=O) groups excluding carboxylic acids is 3. The predicted octanol–water partition coefficient (Wildman–Crippen LogP) is 2.10. The zero-order valence-corrected chi connectivity index (χ0v) is 16.4. The van der Waals surface area contributed by atoms with Gasteiger partial charge in [-0.2, -0.15) is 0 Å². The molecule has 1 aliphatic heterocycles. The fraction of sp³-hybridized carbons (Fsp3) is 0.476. The largest absolute Gasteiger partial charge is 0.463 e. The van der Waals surface area contributed by atoms with E-state index < -0.39 is 29.6 Å². The fourth-order valence-corrected chi connectivity index (χ4v) is 3.69. The Morgan fingerprint density at radius 2 is 1.83 bits per heavy atom. The lowest BCUT2D eigenvalue weighted by Gasteiger charge is -2.31. The Hall–Kier alpha value is -2.87. The highest BCUT2D eigenvalue weighted by Gasteiger charge is 2.40. The average Bonchev–Trinajstić information content (AvgIpc) is 2.72. The Kier molecular flexibility index (Phi) is 6.53. The second-order valence-corrected chi connectivity index (χ2v) is 7.22. The van der Waals surface area contributed by atoms with E-state index in [-0.39, 0.29) is 24.5 Å². The van der Waals surface area contributed by atoms with E-state index in [9.17, 15) is 19.5 Å². The topological polar surface area (TPSA) is 114 Å². The van der Waals surface area contributed by atoms with Crippen LogP contribution in [0.5, 0.6) is 0 Å². The van der Waals surface area contributed by atoms with Gasteiger partial charge in [-0.25, -0.2) is 14.4 Å². The Bertz CT molecular complexity index is 799. The van der Waals surface area contributed by atoms with Crippen LogP contribution in [0.25, 0.3) is 0 Å². The number of aliphatic hydroxyl groups is 1.